The van der Waals surface area contributed by atoms with Crippen molar-refractivity contribution in [3.05, 3.63) is 292 Å². The van der Waals surface area contributed by atoms with Crippen molar-refractivity contribution in [2.75, 3.05) is 57.2 Å². The zero-order chi connectivity index (χ0) is 95.4. The van der Waals surface area contributed by atoms with Crippen LogP contribution < -0.4 is 97.2 Å². The number of thiophene rings is 1. The number of aryl methyl sites for hydroxylation is 7. The van der Waals surface area contributed by atoms with Crippen molar-refractivity contribution in [1.82, 2.24) is 51.8 Å². The van der Waals surface area contributed by atoms with Crippen LogP contribution in [0.4, 0.5) is 42.3 Å². The lowest BCUT2D eigenvalue weighted by Crippen LogP contribution is -2.37. The maximum atomic E-state index is 14.2. The first-order valence-electron chi connectivity index (χ1n) is 42.3. The zero-order valence-corrected chi connectivity index (χ0v) is 78.7. The van der Waals surface area contributed by atoms with E-state index in [9.17, 15) is 13.2 Å². The van der Waals surface area contributed by atoms with Crippen LogP contribution in [0.3, 0.4) is 0 Å². The Morgan fingerprint density at radius 3 is 1.19 bits per heavy atom. The van der Waals surface area contributed by atoms with E-state index in [0.29, 0.717) is 82.5 Å². The molecule has 696 valence electrons. The van der Waals surface area contributed by atoms with Crippen molar-refractivity contribution in [3.8, 4) is 0 Å². The predicted molar refractivity (Wildman–Crippen MR) is 508 cm³/mol. The number of thiazole rings is 2. The van der Waals surface area contributed by atoms with Crippen molar-refractivity contribution in [2.45, 2.75) is 78.5 Å². The molecule has 134 heavy (non-hydrogen) atoms. The number of amidine groups is 7. The summed E-state index contributed by atoms with van der Waals surface area (Å²) in [6.45, 7) is 13.8. The van der Waals surface area contributed by atoms with Gasteiger partial charge in [0.25, 0.3) is 0 Å². The molecular formula is C88H107Cl2F3N37OS3+7. The number of nitrogens with zero attached hydrogens (tertiary/aromatic N) is 23. The zero-order valence-electron chi connectivity index (χ0n) is 74.8. The van der Waals surface area contributed by atoms with E-state index in [2.05, 4.69) is 125 Å². The molecule has 21 rings (SSSR count). The maximum Gasteiger partial charge on any atom is 0.307 e. The Balaban J connectivity index is 0.000000119. The fraction of sp³-hybridized carbons (Fsp3) is 0.273. The predicted octanol–water partition coefficient (Wildman–Crippen LogP) is 5.17. The van der Waals surface area contributed by atoms with Gasteiger partial charge in [-0.1, -0.05) is 35.3 Å². The monoisotopic (exact) mass is 1920 g/mol. The molecule has 0 spiro atoms. The van der Waals surface area contributed by atoms with E-state index in [1.54, 1.807) is 34.8 Å². The molecule has 0 saturated heterocycles. The number of fused-ring (bicyclic) bond motifs is 7. The van der Waals surface area contributed by atoms with Crippen molar-refractivity contribution >= 4 is 138 Å². The fourth-order valence-corrected chi connectivity index (χ4v) is 19.3. The van der Waals surface area contributed by atoms with Gasteiger partial charge in [0.1, 0.15) is 117 Å². The van der Waals surface area contributed by atoms with Gasteiger partial charge < -0.3 is 69.1 Å². The minimum Gasteiger partial charge on any atom is -0.467 e. The Bertz CT molecular complexity index is 6790. The molecule has 13 aromatic heterocycles. The van der Waals surface area contributed by atoms with E-state index in [0.717, 1.165) is 123 Å². The standard InChI is InChI=1S/C14H16ClFN5.C14H14ClFN5.C14H17FN5.C12H16N5O.C12H16N5S.C11H15N6S.C11H13N6S/c2*1-19-3-2-13-20(4-5-21(13)19)8-10-11(15)6-9(14(17)18)7-12(10)16;1-18-5-4-13-19(6-7-20(13)18)9-11-3-2-10(14(16)17)8-12(11)15;2*1-15-3-2-11-16(4-5-17(11)15)7-10-6-9(8-18-10)12(13)14;2*1-15-3-2-10-16(4-5-17(10)15)6-9-14-8(7-18-9)11(12)13/h2-3,6-7H,4-5,8H2,1H3,(H3,17,18);2-7H,8H2,1H3,(H3,17,18);2-5,8H,6-7,9H2,1H3,(H3,16,17);2*2-3,6,8H,4-5,7H2,1H3,(H3,13,14);2-3,7H,4-6H2,1H3,(H3,12,13);2-5,7H,6H2,1H3,(H3,12,13)/q7*+1. The molecule has 0 fully saturated rings. The van der Waals surface area contributed by atoms with Gasteiger partial charge in [-0.15, -0.1) is 89.9 Å². The molecular weight excluding hydrogens is 1820 g/mol. The number of nitrogens with one attached hydrogen (secondary N) is 7. The highest BCUT2D eigenvalue weighted by molar-refractivity contribution is 7.10. The molecule has 0 aliphatic carbocycles. The molecule has 0 radical (unpaired) electrons. The highest BCUT2D eigenvalue weighted by atomic mass is 35.5. The Hall–Kier alpha value is -14.9. The quantitative estimate of drug-likeness (QED) is 0.0251. The highest BCUT2D eigenvalue weighted by Crippen LogP contribution is 2.32. The SMILES string of the molecule is C[n+]1ccc2n1CCN2Cc1c(F)cc(C(=N)N)cc1Cl.C[n+]1ccc2n1CCN2Cc1cc(C(=N)N)co1.C[n+]1ccc2n1CCN2Cc1cc(C(=N)N)cs1.C[n+]1ccc2n1CCN2Cc1ccc(C(=N)N)cc1F.C[n+]1ccc2n1CCN2Cc1nc(C(=N)N)cs1.Cn1ccc2n1cc[n+]2Cc1c(F)cc(C(=N)N)cc1Cl.Cn1ccc2n1cc[n+]2Cc1nc(C(=N)N)cs1. The second-order valence-electron chi connectivity index (χ2n) is 32.4. The van der Waals surface area contributed by atoms with Crippen LogP contribution in [0.5, 0.6) is 0 Å². The average Bonchev–Trinajstić information content (AvgIpc) is 1.63. The number of hydrogen-bond donors (Lipinski definition) is 14. The van der Waals surface area contributed by atoms with Gasteiger partial charge in [-0.05, 0) is 42.5 Å². The molecule has 46 heteroatoms. The third-order valence-corrected chi connectivity index (χ3v) is 26.8. The molecule has 16 aromatic rings. The molecule has 0 atom stereocenters. The van der Waals surface area contributed by atoms with Crippen LogP contribution in [0.2, 0.25) is 10.0 Å². The molecule has 0 amide bonds. The molecule has 38 nitrogen and oxygen atoms in total. The number of anilines is 5. The molecule has 0 unspecified atom stereocenters. The molecule has 0 bridgehead atoms. The van der Waals surface area contributed by atoms with Crippen molar-refractivity contribution < 1.29 is 50.1 Å². The minimum absolute atomic E-state index is 0.0178. The molecule has 18 heterocycles. The van der Waals surface area contributed by atoms with Gasteiger partial charge in [0.2, 0.25) is 0 Å². The maximum absolute atomic E-state index is 14.2. The van der Waals surface area contributed by atoms with Gasteiger partial charge in [-0.3, -0.25) is 37.9 Å². The average molecular weight is 1920 g/mol. The lowest BCUT2D eigenvalue weighted by atomic mass is 10.1. The fourth-order valence-electron chi connectivity index (χ4n) is 16.3. The van der Waals surface area contributed by atoms with Crippen molar-refractivity contribution in [2.24, 2.45) is 89.5 Å². The first-order chi connectivity index (χ1) is 64.1. The Morgan fingerprint density at radius 1 is 0.381 bits per heavy atom. The number of furan rings is 1. The molecule has 3 aromatic carbocycles. The van der Waals surface area contributed by atoms with E-state index in [1.165, 1.54) is 70.3 Å². The number of imidazole rings is 2. The third kappa shape index (κ3) is 20.7. The number of rotatable bonds is 21. The summed E-state index contributed by atoms with van der Waals surface area (Å²) in [4.78, 5) is 21.1. The van der Waals surface area contributed by atoms with Crippen LogP contribution in [0.25, 0.3) is 11.3 Å². The summed E-state index contributed by atoms with van der Waals surface area (Å²) >= 11 is 17.0. The Morgan fingerprint density at radius 2 is 0.776 bits per heavy atom. The summed E-state index contributed by atoms with van der Waals surface area (Å²) in [6.07, 6.45) is 23.4. The van der Waals surface area contributed by atoms with Crippen LogP contribution >= 0.6 is 57.2 Å². The minimum atomic E-state index is -0.463. The molecule has 0 saturated carbocycles. The summed E-state index contributed by atoms with van der Waals surface area (Å²) in [5.41, 5.74) is 44.9. The van der Waals surface area contributed by atoms with Gasteiger partial charge in [-0.25, -0.2) is 41.6 Å². The van der Waals surface area contributed by atoms with Gasteiger partial charge >= 0.3 is 11.3 Å². The number of nitrogen functional groups attached to an aromatic ring is 7. The number of nitrogens with two attached hydrogens (primary N) is 7. The van der Waals surface area contributed by atoms with Crippen LogP contribution in [0.1, 0.15) is 76.5 Å². The second kappa shape index (κ2) is 40.1. The summed E-state index contributed by atoms with van der Waals surface area (Å²) in [5, 5.41) is 59.6. The van der Waals surface area contributed by atoms with E-state index < -0.39 is 11.6 Å². The second-order valence-corrected chi connectivity index (χ2v) is 36.1. The van der Waals surface area contributed by atoms with Gasteiger partial charge in [0, 0.05) is 149 Å². The third-order valence-electron chi connectivity index (χ3n) is 23.6. The van der Waals surface area contributed by atoms with Crippen LogP contribution in [0.15, 0.2) is 192 Å². The summed E-state index contributed by atoms with van der Waals surface area (Å²) in [6, 6.07) is 28.5. The van der Waals surface area contributed by atoms with Gasteiger partial charge in [-0.2, -0.15) is 0 Å². The van der Waals surface area contributed by atoms with Crippen molar-refractivity contribution in [1.29, 1.82) is 37.9 Å². The van der Waals surface area contributed by atoms with Crippen molar-refractivity contribution in [3.63, 3.8) is 0 Å². The van der Waals surface area contributed by atoms with Gasteiger partial charge in [0.15, 0.2) is 108 Å². The lowest BCUT2D eigenvalue weighted by molar-refractivity contribution is -0.751. The Kier molecular flexibility index (Phi) is 28.0. The lowest BCUT2D eigenvalue weighted by Gasteiger charge is -2.18. The number of halogens is 5. The number of hydrogen-bond acceptors (Lipinski definition) is 18. The summed E-state index contributed by atoms with van der Waals surface area (Å²) < 4.78 is 81.2. The van der Waals surface area contributed by atoms with E-state index in [-0.39, 0.29) is 57.3 Å². The summed E-state index contributed by atoms with van der Waals surface area (Å²) in [7, 11) is 14.0. The van der Waals surface area contributed by atoms with E-state index in [4.69, 9.17) is 106 Å². The van der Waals surface area contributed by atoms with Crippen LogP contribution in [0, 0.1) is 55.3 Å². The van der Waals surface area contributed by atoms with Crippen LogP contribution in [-0.4, -0.2) is 125 Å². The first-order valence-corrected chi connectivity index (χ1v) is 45.7. The normalized spacial score (nSPS) is 13.0. The van der Waals surface area contributed by atoms with E-state index in [1.807, 2.05) is 172 Å². The molecule has 5 aliphatic heterocycles. The first kappa shape index (κ1) is 93.8. The topological polar surface area (TPSA) is 475 Å². The molecule has 21 N–H and O–H groups in total. The smallest absolute Gasteiger partial charge is 0.307 e. The number of benzene rings is 3. The van der Waals surface area contributed by atoms with Gasteiger partial charge in [0.05, 0.1) is 93.3 Å². The van der Waals surface area contributed by atoms with Crippen LogP contribution in [-0.2, 0) is 128 Å². The molecule has 5 aliphatic rings. The summed E-state index contributed by atoms with van der Waals surface area (Å²) in [5.74, 6) is 5.18. The van der Waals surface area contributed by atoms with E-state index >= 15 is 0 Å². The largest absolute Gasteiger partial charge is 0.467 e. The number of aromatic nitrogens is 18. The Labute approximate surface area is 790 Å². The highest BCUT2D eigenvalue weighted by Gasteiger charge is 2.33.